The first kappa shape index (κ1) is 15.8. The number of aryl methyl sites for hydroxylation is 1. The van der Waals surface area contributed by atoms with Gasteiger partial charge in [0, 0.05) is 25.6 Å². The standard InChI is InChI=1S/C16H24N2O3/c1-12-2-6-15(7-3-12)21-11-14(19)10-17-8-9-18-16(20)13-4-5-13/h2-3,6-7,13-14,17,19H,4-5,8-11H2,1H3,(H,18,20). The topological polar surface area (TPSA) is 70.6 Å². The molecule has 2 rings (SSSR count). The van der Waals surface area contributed by atoms with Crippen LogP contribution in [0.5, 0.6) is 5.75 Å². The number of hydrogen-bond acceptors (Lipinski definition) is 4. The van der Waals surface area contributed by atoms with Gasteiger partial charge in [0.05, 0.1) is 0 Å². The fraction of sp³-hybridized carbons (Fsp3) is 0.562. The van der Waals surface area contributed by atoms with Crippen LogP contribution in [0.1, 0.15) is 18.4 Å². The van der Waals surface area contributed by atoms with Crippen LogP contribution in [0.25, 0.3) is 0 Å². The van der Waals surface area contributed by atoms with Crippen LogP contribution in [0.2, 0.25) is 0 Å². The zero-order valence-corrected chi connectivity index (χ0v) is 12.5. The molecule has 1 atom stereocenters. The molecule has 1 aromatic rings. The molecule has 3 N–H and O–H groups in total. The highest BCUT2D eigenvalue weighted by molar-refractivity contribution is 5.80. The van der Waals surface area contributed by atoms with Crippen LogP contribution in [0.15, 0.2) is 24.3 Å². The van der Waals surface area contributed by atoms with Crippen molar-refractivity contribution in [2.75, 3.05) is 26.2 Å². The van der Waals surface area contributed by atoms with Gasteiger partial charge in [-0.25, -0.2) is 0 Å². The van der Waals surface area contributed by atoms with Gasteiger partial charge in [-0.2, -0.15) is 0 Å². The molecule has 1 unspecified atom stereocenters. The lowest BCUT2D eigenvalue weighted by Crippen LogP contribution is -2.37. The van der Waals surface area contributed by atoms with E-state index in [-0.39, 0.29) is 18.4 Å². The number of aliphatic hydroxyl groups excluding tert-OH is 1. The van der Waals surface area contributed by atoms with Crippen molar-refractivity contribution in [2.45, 2.75) is 25.9 Å². The zero-order chi connectivity index (χ0) is 15.1. The van der Waals surface area contributed by atoms with Gasteiger partial charge < -0.3 is 20.5 Å². The first-order chi connectivity index (χ1) is 10.1. The molecule has 116 valence electrons. The van der Waals surface area contributed by atoms with Crippen molar-refractivity contribution < 1.29 is 14.6 Å². The van der Waals surface area contributed by atoms with Gasteiger partial charge in [0.15, 0.2) is 0 Å². The maximum absolute atomic E-state index is 11.4. The third-order valence-electron chi connectivity index (χ3n) is 3.39. The molecule has 5 nitrogen and oxygen atoms in total. The highest BCUT2D eigenvalue weighted by atomic mass is 16.5. The molecule has 1 saturated carbocycles. The molecule has 0 aromatic heterocycles. The fourth-order valence-electron chi connectivity index (χ4n) is 1.92. The summed E-state index contributed by atoms with van der Waals surface area (Å²) in [6, 6.07) is 7.73. The van der Waals surface area contributed by atoms with Gasteiger partial charge in [0.1, 0.15) is 18.5 Å². The minimum Gasteiger partial charge on any atom is -0.491 e. The predicted molar refractivity (Wildman–Crippen MR) is 81.3 cm³/mol. The number of aliphatic hydroxyl groups is 1. The normalized spacial score (nSPS) is 15.5. The molecule has 0 bridgehead atoms. The summed E-state index contributed by atoms with van der Waals surface area (Å²) in [6.45, 7) is 3.97. The third kappa shape index (κ3) is 6.14. The molecule has 1 aliphatic rings. The van der Waals surface area contributed by atoms with Crippen LogP contribution in [0.3, 0.4) is 0 Å². The summed E-state index contributed by atoms with van der Waals surface area (Å²) in [5.74, 6) is 1.16. The molecule has 0 spiro atoms. The second kappa shape index (κ2) is 8.00. The smallest absolute Gasteiger partial charge is 0.223 e. The quantitative estimate of drug-likeness (QED) is 0.590. The van der Waals surface area contributed by atoms with Crippen molar-refractivity contribution >= 4 is 5.91 Å². The molecule has 0 heterocycles. The molecular weight excluding hydrogens is 268 g/mol. The lowest BCUT2D eigenvalue weighted by molar-refractivity contribution is -0.122. The fourth-order valence-corrected chi connectivity index (χ4v) is 1.92. The summed E-state index contributed by atoms with van der Waals surface area (Å²) < 4.78 is 5.50. The number of carbonyl (C=O) groups is 1. The van der Waals surface area contributed by atoms with Gasteiger partial charge in [0.2, 0.25) is 5.91 Å². The molecule has 0 radical (unpaired) electrons. The van der Waals surface area contributed by atoms with Crippen LogP contribution >= 0.6 is 0 Å². The minimum absolute atomic E-state index is 0.153. The van der Waals surface area contributed by atoms with Gasteiger partial charge in [-0.15, -0.1) is 0 Å². The van der Waals surface area contributed by atoms with Crippen molar-refractivity contribution in [3.8, 4) is 5.75 Å². The highest BCUT2D eigenvalue weighted by Gasteiger charge is 2.28. The van der Waals surface area contributed by atoms with E-state index in [0.29, 0.717) is 19.6 Å². The Morgan fingerprint density at radius 2 is 2.05 bits per heavy atom. The van der Waals surface area contributed by atoms with E-state index in [9.17, 15) is 9.90 Å². The largest absolute Gasteiger partial charge is 0.491 e. The van der Waals surface area contributed by atoms with Gasteiger partial charge in [0.25, 0.3) is 0 Å². The van der Waals surface area contributed by atoms with E-state index in [1.54, 1.807) is 0 Å². The van der Waals surface area contributed by atoms with E-state index in [0.717, 1.165) is 18.6 Å². The monoisotopic (exact) mass is 292 g/mol. The van der Waals surface area contributed by atoms with Crippen molar-refractivity contribution in [2.24, 2.45) is 5.92 Å². The van der Waals surface area contributed by atoms with Gasteiger partial charge in [-0.3, -0.25) is 4.79 Å². The van der Waals surface area contributed by atoms with Crippen LogP contribution in [-0.4, -0.2) is 43.4 Å². The first-order valence-electron chi connectivity index (χ1n) is 7.51. The second-order valence-electron chi connectivity index (χ2n) is 5.55. The van der Waals surface area contributed by atoms with Gasteiger partial charge >= 0.3 is 0 Å². The Hall–Kier alpha value is -1.59. The summed E-state index contributed by atoms with van der Waals surface area (Å²) in [6.07, 6.45) is 1.48. The number of benzene rings is 1. The van der Waals surface area contributed by atoms with E-state index in [1.165, 1.54) is 5.56 Å². The second-order valence-corrected chi connectivity index (χ2v) is 5.55. The molecule has 1 aliphatic carbocycles. The summed E-state index contributed by atoms with van der Waals surface area (Å²) >= 11 is 0. The maximum Gasteiger partial charge on any atom is 0.223 e. The molecular formula is C16H24N2O3. The summed E-state index contributed by atoms with van der Waals surface area (Å²) in [5.41, 5.74) is 1.18. The Morgan fingerprint density at radius 1 is 1.33 bits per heavy atom. The number of hydrogen-bond donors (Lipinski definition) is 3. The zero-order valence-electron chi connectivity index (χ0n) is 12.5. The lowest BCUT2D eigenvalue weighted by Gasteiger charge is -2.13. The molecule has 0 aliphatic heterocycles. The highest BCUT2D eigenvalue weighted by Crippen LogP contribution is 2.28. The Kier molecular flexibility index (Phi) is 6.02. The van der Waals surface area contributed by atoms with Crippen LogP contribution in [0, 0.1) is 12.8 Å². The van der Waals surface area contributed by atoms with Gasteiger partial charge in [-0.1, -0.05) is 17.7 Å². The molecule has 0 saturated heterocycles. The first-order valence-corrected chi connectivity index (χ1v) is 7.51. The molecule has 1 fully saturated rings. The summed E-state index contributed by atoms with van der Waals surface area (Å²) in [7, 11) is 0. The average Bonchev–Trinajstić information content (AvgIpc) is 3.31. The molecule has 21 heavy (non-hydrogen) atoms. The minimum atomic E-state index is -0.564. The van der Waals surface area contributed by atoms with E-state index < -0.39 is 6.10 Å². The number of ether oxygens (including phenoxy) is 1. The Bertz CT molecular complexity index is 443. The molecule has 1 aromatic carbocycles. The number of rotatable bonds is 9. The van der Waals surface area contributed by atoms with Crippen molar-refractivity contribution in [3.63, 3.8) is 0 Å². The van der Waals surface area contributed by atoms with E-state index in [1.807, 2.05) is 31.2 Å². The summed E-state index contributed by atoms with van der Waals surface area (Å²) in [5, 5.41) is 15.8. The van der Waals surface area contributed by atoms with E-state index in [4.69, 9.17) is 4.74 Å². The maximum atomic E-state index is 11.4. The SMILES string of the molecule is Cc1ccc(OCC(O)CNCCNC(=O)C2CC2)cc1. The number of amides is 1. The van der Waals surface area contributed by atoms with Crippen molar-refractivity contribution in [1.29, 1.82) is 0 Å². The Morgan fingerprint density at radius 3 is 2.71 bits per heavy atom. The Labute approximate surface area is 125 Å². The van der Waals surface area contributed by atoms with Crippen LogP contribution in [-0.2, 0) is 4.79 Å². The number of nitrogens with one attached hydrogen (secondary N) is 2. The predicted octanol–water partition coefficient (Wildman–Crippen LogP) is 0.851. The van der Waals surface area contributed by atoms with E-state index >= 15 is 0 Å². The van der Waals surface area contributed by atoms with Crippen LogP contribution < -0.4 is 15.4 Å². The van der Waals surface area contributed by atoms with E-state index in [2.05, 4.69) is 10.6 Å². The lowest BCUT2D eigenvalue weighted by atomic mass is 10.2. The van der Waals surface area contributed by atoms with Gasteiger partial charge in [-0.05, 0) is 31.9 Å². The van der Waals surface area contributed by atoms with Crippen molar-refractivity contribution in [1.82, 2.24) is 10.6 Å². The number of carbonyl (C=O) groups excluding carboxylic acids is 1. The van der Waals surface area contributed by atoms with Crippen molar-refractivity contribution in [3.05, 3.63) is 29.8 Å². The average molecular weight is 292 g/mol. The molecule has 1 amide bonds. The summed E-state index contributed by atoms with van der Waals surface area (Å²) in [4.78, 5) is 11.4. The molecule has 5 heteroatoms. The third-order valence-corrected chi connectivity index (χ3v) is 3.39. The van der Waals surface area contributed by atoms with Crippen LogP contribution in [0.4, 0.5) is 0 Å². The Balaban J connectivity index is 1.50.